The minimum absolute atomic E-state index is 0.0546. The molecular formula is C15H17N5O4S. The second-order valence-electron chi connectivity index (χ2n) is 5.14. The van der Waals surface area contributed by atoms with E-state index in [2.05, 4.69) is 15.6 Å². The molecule has 0 radical (unpaired) electrons. The van der Waals surface area contributed by atoms with Gasteiger partial charge in [-0.05, 0) is 36.8 Å². The van der Waals surface area contributed by atoms with Crippen molar-refractivity contribution in [3.8, 4) is 5.75 Å². The van der Waals surface area contributed by atoms with Crippen LogP contribution in [0.4, 0.5) is 0 Å². The van der Waals surface area contributed by atoms with E-state index in [4.69, 9.17) is 0 Å². The van der Waals surface area contributed by atoms with Gasteiger partial charge in [0.1, 0.15) is 5.75 Å². The van der Waals surface area contributed by atoms with Gasteiger partial charge in [-0.15, -0.1) is 0 Å². The molecule has 1 heterocycles. The second kappa shape index (κ2) is 7.79. The van der Waals surface area contributed by atoms with Crippen LogP contribution in [0, 0.1) is 0 Å². The number of carbonyl (C=O) groups excluding carboxylic acids is 1. The Labute approximate surface area is 147 Å². The van der Waals surface area contributed by atoms with Crippen molar-refractivity contribution in [3.05, 3.63) is 50.7 Å². The number of amides is 1. The van der Waals surface area contributed by atoms with Crippen molar-refractivity contribution in [1.82, 2.24) is 19.8 Å². The molecule has 0 saturated carbocycles. The van der Waals surface area contributed by atoms with Gasteiger partial charge in [0, 0.05) is 14.1 Å². The monoisotopic (exact) mass is 363 g/mol. The van der Waals surface area contributed by atoms with Crippen molar-refractivity contribution in [2.45, 2.75) is 11.9 Å². The molecule has 10 heteroatoms. The van der Waals surface area contributed by atoms with Crippen LogP contribution in [-0.2, 0) is 18.9 Å². The third-order valence-corrected chi connectivity index (χ3v) is 4.20. The molecule has 2 rings (SSSR count). The van der Waals surface area contributed by atoms with E-state index in [-0.39, 0.29) is 16.5 Å². The van der Waals surface area contributed by atoms with Gasteiger partial charge in [-0.2, -0.15) is 10.2 Å². The van der Waals surface area contributed by atoms with Gasteiger partial charge < -0.3 is 5.11 Å². The normalized spacial score (nSPS) is 11.4. The number of benzene rings is 1. The Bertz CT molecular complexity index is 930. The lowest BCUT2D eigenvalue weighted by Crippen LogP contribution is -2.39. The predicted molar refractivity (Wildman–Crippen MR) is 93.9 cm³/mol. The van der Waals surface area contributed by atoms with Gasteiger partial charge >= 0.3 is 5.69 Å². The van der Waals surface area contributed by atoms with E-state index >= 15 is 0 Å². The minimum Gasteiger partial charge on any atom is -0.508 e. The lowest BCUT2D eigenvalue weighted by Gasteiger charge is -2.05. The van der Waals surface area contributed by atoms with Crippen LogP contribution in [-0.4, -0.2) is 36.8 Å². The number of hydrazone groups is 1. The molecule has 0 aliphatic heterocycles. The van der Waals surface area contributed by atoms with Crippen LogP contribution < -0.4 is 16.7 Å². The fraction of sp³-hybridized carbons (Fsp3) is 0.267. The molecule has 0 bridgehead atoms. The number of hydrogen-bond donors (Lipinski definition) is 2. The Balaban J connectivity index is 2.00. The summed E-state index contributed by atoms with van der Waals surface area (Å²) >= 11 is 0.923. The lowest BCUT2D eigenvalue weighted by molar-refractivity contribution is -0.118. The van der Waals surface area contributed by atoms with Gasteiger partial charge in [0.05, 0.1) is 11.5 Å². The van der Waals surface area contributed by atoms with Crippen molar-refractivity contribution in [1.29, 1.82) is 0 Å². The zero-order chi connectivity index (χ0) is 18.6. The average molecular weight is 363 g/mol. The summed E-state index contributed by atoms with van der Waals surface area (Å²) in [6, 6.07) is 6.39. The van der Waals surface area contributed by atoms with E-state index in [0.29, 0.717) is 5.71 Å². The van der Waals surface area contributed by atoms with Gasteiger partial charge in [0.2, 0.25) is 5.91 Å². The number of thioether (sulfide) groups is 1. The van der Waals surface area contributed by atoms with E-state index in [0.717, 1.165) is 26.6 Å². The maximum atomic E-state index is 11.9. The SMILES string of the molecule is C/C(=N\NC(=O)CSc1nn(C)c(=O)n(C)c1=O)c1ccc(O)cc1. The first-order chi connectivity index (χ1) is 11.8. The number of aromatic hydroxyl groups is 1. The quantitative estimate of drug-likeness (QED) is 0.432. The number of phenols is 1. The number of carbonyl (C=O) groups is 1. The molecule has 0 spiro atoms. The zero-order valence-corrected chi connectivity index (χ0v) is 14.7. The van der Waals surface area contributed by atoms with Gasteiger partial charge in [0.25, 0.3) is 5.56 Å². The molecule has 1 aromatic heterocycles. The van der Waals surface area contributed by atoms with Crippen LogP contribution in [0.5, 0.6) is 5.75 Å². The Kier molecular flexibility index (Phi) is 5.75. The first-order valence-electron chi connectivity index (χ1n) is 7.19. The minimum atomic E-state index is -0.551. The third kappa shape index (κ3) is 4.57. The summed E-state index contributed by atoms with van der Waals surface area (Å²) in [5.74, 6) is -0.351. The fourth-order valence-electron chi connectivity index (χ4n) is 1.84. The summed E-state index contributed by atoms with van der Waals surface area (Å²) < 4.78 is 1.97. The Morgan fingerprint density at radius 1 is 1.28 bits per heavy atom. The second-order valence-corrected chi connectivity index (χ2v) is 6.11. The number of phenolic OH excluding ortho intramolecular Hbond substituents is 1. The number of rotatable bonds is 5. The summed E-state index contributed by atoms with van der Waals surface area (Å²) in [4.78, 5) is 35.3. The number of aromatic nitrogens is 3. The number of nitrogens with one attached hydrogen (secondary N) is 1. The van der Waals surface area contributed by atoms with Crippen molar-refractivity contribution in [2.24, 2.45) is 19.2 Å². The maximum Gasteiger partial charge on any atom is 0.346 e. The van der Waals surface area contributed by atoms with Crippen molar-refractivity contribution >= 4 is 23.4 Å². The van der Waals surface area contributed by atoms with E-state index in [1.54, 1.807) is 19.1 Å². The molecule has 0 saturated heterocycles. The molecule has 0 aliphatic rings. The zero-order valence-electron chi connectivity index (χ0n) is 13.9. The molecule has 132 valence electrons. The van der Waals surface area contributed by atoms with Crippen LogP contribution in [0.2, 0.25) is 0 Å². The van der Waals surface area contributed by atoms with Crippen molar-refractivity contribution in [2.75, 3.05) is 5.75 Å². The number of nitrogens with zero attached hydrogens (tertiary/aromatic N) is 4. The molecule has 2 N–H and O–H groups in total. The number of hydrogen-bond acceptors (Lipinski definition) is 7. The maximum absolute atomic E-state index is 11.9. The molecule has 9 nitrogen and oxygen atoms in total. The van der Waals surface area contributed by atoms with E-state index in [1.165, 1.54) is 26.2 Å². The molecule has 0 atom stereocenters. The highest BCUT2D eigenvalue weighted by Crippen LogP contribution is 2.10. The smallest absolute Gasteiger partial charge is 0.346 e. The number of aryl methyl sites for hydroxylation is 1. The first-order valence-corrected chi connectivity index (χ1v) is 8.18. The summed E-state index contributed by atoms with van der Waals surface area (Å²) in [6.07, 6.45) is 0. The first kappa shape index (κ1) is 18.5. The van der Waals surface area contributed by atoms with Gasteiger partial charge in [-0.25, -0.2) is 14.9 Å². The standard InChI is InChI=1S/C15H17N5O4S/c1-9(10-4-6-11(21)7-5-10)16-17-12(22)8-25-13-14(23)19(2)15(24)20(3)18-13/h4-7,21H,8H2,1-3H3,(H,17,22)/b16-9+. The molecule has 25 heavy (non-hydrogen) atoms. The van der Waals surface area contributed by atoms with Crippen molar-refractivity contribution in [3.63, 3.8) is 0 Å². The topological polar surface area (TPSA) is 119 Å². The summed E-state index contributed by atoms with van der Waals surface area (Å²) in [5.41, 5.74) is 2.61. The largest absolute Gasteiger partial charge is 0.508 e. The molecule has 2 aromatic rings. The summed E-state index contributed by atoms with van der Waals surface area (Å²) in [5, 5.41) is 17.1. The molecule has 0 unspecified atom stereocenters. The summed E-state index contributed by atoms with van der Waals surface area (Å²) in [7, 11) is 2.78. The van der Waals surface area contributed by atoms with E-state index in [1.807, 2.05) is 0 Å². The van der Waals surface area contributed by atoms with Gasteiger partial charge in [-0.3, -0.25) is 14.2 Å². The molecular weight excluding hydrogens is 346 g/mol. The van der Waals surface area contributed by atoms with Crippen LogP contribution in [0.3, 0.4) is 0 Å². The predicted octanol–water partition coefficient (Wildman–Crippen LogP) is -0.183. The highest BCUT2D eigenvalue weighted by molar-refractivity contribution is 7.99. The lowest BCUT2D eigenvalue weighted by atomic mass is 10.1. The van der Waals surface area contributed by atoms with Crippen LogP contribution in [0.15, 0.2) is 44.0 Å². The Morgan fingerprint density at radius 3 is 2.56 bits per heavy atom. The highest BCUT2D eigenvalue weighted by atomic mass is 32.2. The summed E-state index contributed by atoms with van der Waals surface area (Å²) in [6.45, 7) is 1.71. The van der Waals surface area contributed by atoms with Crippen LogP contribution >= 0.6 is 11.8 Å². The Hall–Kier alpha value is -2.88. The average Bonchev–Trinajstić information content (AvgIpc) is 2.60. The van der Waals surface area contributed by atoms with Gasteiger partial charge in [-0.1, -0.05) is 11.8 Å². The molecule has 1 amide bonds. The van der Waals surface area contributed by atoms with Gasteiger partial charge in [0.15, 0.2) is 5.03 Å². The fourth-order valence-corrected chi connectivity index (χ4v) is 2.61. The third-order valence-electron chi connectivity index (χ3n) is 3.27. The highest BCUT2D eigenvalue weighted by Gasteiger charge is 2.11. The van der Waals surface area contributed by atoms with Crippen LogP contribution in [0.1, 0.15) is 12.5 Å². The van der Waals surface area contributed by atoms with E-state index in [9.17, 15) is 19.5 Å². The van der Waals surface area contributed by atoms with Crippen LogP contribution in [0.25, 0.3) is 0 Å². The van der Waals surface area contributed by atoms with E-state index < -0.39 is 17.2 Å². The molecule has 0 aliphatic carbocycles. The molecule has 0 fully saturated rings. The Morgan fingerprint density at radius 2 is 1.92 bits per heavy atom. The van der Waals surface area contributed by atoms with Crippen molar-refractivity contribution < 1.29 is 9.90 Å². The molecule has 1 aromatic carbocycles.